The highest BCUT2D eigenvalue weighted by Crippen LogP contribution is 2.29. The van der Waals surface area contributed by atoms with Crippen LogP contribution in [0.1, 0.15) is 26.7 Å². The van der Waals surface area contributed by atoms with Crippen LogP contribution in [0.3, 0.4) is 0 Å². The van der Waals surface area contributed by atoms with E-state index in [1.807, 2.05) is 0 Å². The van der Waals surface area contributed by atoms with Crippen LogP contribution >= 0.6 is 0 Å². The Labute approximate surface area is 85.4 Å². The van der Waals surface area contributed by atoms with Crippen molar-refractivity contribution >= 4 is 5.97 Å². The maximum atomic E-state index is 10.2. The molecule has 14 heavy (non-hydrogen) atoms. The van der Waals surface area contributed by atoms with E-state index in [0.717, 1.165) is 19.6 Å². The van der Waals surface area contributed by atoms with E-state index in [0.29, 0.717) is 5.41 Å². The molecule has 0 amide bonds. The molecule has 1 heterocycles. The summed E-state index contributed by atoms with van der Waals surface area (Å²) in [7, 11) is 0. The van der Waals surface area contributed by atoms with E-state index in [4.69, 9.17) is 5.11 Å². The van der Waals surface area contributed by atoms with Crippen molar-refractivity contribution in [2.24, 2.45) is 5.41 Å². The second kappa shape index (κ2) is 4.60. The fourth-order valence-electron chi connectivity index (χ4n) is 1.64. The zero-order valence-corrected chi connectivity index (χ0v) is 8.99. The molecule has 1 saturated heterocycles. The quantitative estimate of drug-likeness (QED) is 0.701. The molecule has 0 aromatic rings. The smallest absolute Gasteiger partial charge is 0.328 e. The van der Waals surface area contributed by atoms with Crippen molar-refractivity contribution in [1.82, 2.24) is 4.90 Å². The Kier molecular flexibility index (Phi) is 3.69. The molecule has 0 unspecified atom stereocenters. The molecule has 0 atom stereocenters. The van der Waals surface area contributed by atoms with Gasteiger partial charge in [-0.15, -0.1) is 0 Å². The van der Waals surface area contributed by atoms with Crippen molar-refractivity contribution in [3.05, 3.63) is 12.2 Å². The summed E-state index contributed by atoms with van der Waals surface area (Å²) in [5, 5.41) is 8.42. The number of likely N-dealkylation sites (tertiary alicyclic amines) is 1. The molecule has 0 aromatic heterocycles. The standard InChI is InChI=1S/C11H19NO2/c1-11(2)5-8-12(9-6-11)7-3-4-10(13)14/h3-4H,5-9H2,1-2H3,(H,13,14)/b4-3+. The first kappa shape index (κ1) is 11.2. The fraction of sp³-hybridized carbons (Fsp3) is 0.727. The molecular weight excluding hydrogens is 178 g/mol. The monoisotopic (exact) mass is 197 g/mol. The topological polar surface area (TPSA) is 40.5 Å². The molecule has 3 heteroatoms. The molecule has 0 aromatic carbocycles. The third kappa shape index (κ3) is 3.92. The lowest BCUT2D eigenvalue weighted by atomic mass is 9.83. The van der Waals surface area contributed by atoms with Crippen LogP contribution in [0.5, 0.6) is 0 Å². The number of rotatable bonds is 3. The van der Waals surface area contributed by atoms with Crippen molar-refractivity contribution in [1.29, 1.82) is 0 Å². The minimum absolute atomic E-state index is 0.465. The van der Waals surface area contributed by atoms with Crippen LogP contribution in [0.15, 0.2) is 12.2 Å². The van der Waals surface area contributed by atoms with Gasteiger partial charge in [-0.25, -0.2) is 4.79 Å². The summed E-state index contributed by atoms with van der Waals surface area (Å²) in [5.74, 6) is -0.859. The summed E-state index contributed by atoms with van der Waals surface area (Å²) in [6.07, 6.45) is 5.35. The second-order valence-corrected chi connectivity index (χ2v) is 4.71. The summed E-state index contributed by atoms with van der Waals surface area (Å²) in [6.45, 7) is 7.51. The van der Waals surface area contributed by atoms with Gasteiger partial charge in [0.15, 0.2) is 0 Å². The largest absolute Gasteiger partial charge is 0.478 e. The SMILES string of the molecule is CC1(C)CCN(C/C=C/C(=O)O)CC1. The van der Waals surface area contributed by atoms with Crippen molar-refractivity contribution in [2.45, 2.75) is 26.7 Å². The number of hydrogen-bond acceptors (Lipinski definition) is 2. The van der Waals surface area contributed by atoms with E-state index < -0.39 is 5.97 Å². The van der Waals surface area contributed by atoms with E-state index in [1.54, 1.807) is 6.08 Å². The molecule has 1 fully saturated rings. The highest BCUT2D eigenvalue weighted by Gasteiger charge is 2.24. The van der Waals surface area contributed by atoms with Crippen molar-refractivity contribution < 1.29 is 9.90 Å². The van der Waals surface area contributed by atoms with Gasteiger partial charge < -0.3 is 5.11 Å². The predicted octanol–water partition coefficient (Wildman–Crippen LogP) is 1.75. The van der Waals surface area contributed by atoms with E-state index >= 15 is 0 Å². The molecule has 0 spiro atoms. The van der Waals surface area contributed by atoms with Crippen molar-refractivity contribution in [3.63, 3.8) is 0 Å². The van der Waals surface area contributed by atoms with Gasteiger partial charge in [0.2, 0.25) is 0 Å². The van der Waals surface area contributed by atoms with Gasteiger partial charge in [0.05, 0.1) is 0 Å². The Morgan fingerprint density at radius 3 is 2.50 bits per heavy atom. The van der Waals surface area contributed by atoms with Gasteiger partial charge in [-0.2, -0.15) is 0 Å². The van der Waals surface area contributed by atoms with E-state index in [1.165, 1.54) is 18.9 Å². The number of nitrogens with zero attached hydrogens (tertiary/aromatic N) is 1. The second-order valence-electron chi connectivity index (χ2n) is 4.71. The lowest BCUT2D eigenvalue weighted by Gasteiger charge is -2.36. The van der Waals surface area contributed by atoms with E-state index in [2.05, 4.69) is 18.7 Å². The zero-order chi connectivity index (χ0) is 10.6. The highest BCUT2D eigenvalue weighted by atomic mass is 16.4. The molecule has 1 aliphatic rings. The molecule has 0 radical (unpaired) electrons. The molecular formula is C11H19NO2. The average Bonchev–Trinajstić information content (AvgIpc) is 2.07. The normalized spacial score (nSPS) is 22.7. The lowest BCUT2D eigenvalue weighted by Crippen LogP contribution is -2.37. The van der Waals surface area contributed by atoms with Crippen molar-refractivity contribution in [3.8, 4) is 0 Å². The zero-order valence-electron chi connectivity index (χ0n) is 8.99. The molecule has 1 N–H and O–H groups in total. The maximum Gasteiger partial charge on any atom is 0.328 e. The minimum atomic E-state index is -0.859. The van der Waals surface area contributed by atoms with E-state index in [9.17, 15) is 4.79 Å². The van der Waals surface area contributed by atoms with Gasteiger partial charge in [-0.05, 0) is 31.3 Å². The summed E-state index contributed by atoms with van der Waals surface area (Å²) in [5.41, 5.74) is 0.465. The first-order chi connectivity index (χ1) is 6.49. The molecule has 1 rings (SSSR count). The van der Waals surface area contributed by atoms with Crippen LogP contribution < -0.4 is 0 Å². The third-order valence-corrected chi connectivity index (χ3v) is 2.83. The van der Waals surface area contributed by atoms with Crippen molar-refractivity contribution in [2.75, 3.05) is 19.6 Å². The molecule has 0 aliphatic carbocycles. The molecule has 80 valence electrons. The van der Waals surface area contributed by atoms with Gasteiger partial charge in [0.25, 0.3) is 0 Å². The lowest BCUT2D eigenvalue weighted by molar-refractivity contribution is -0.131. The number of piperidine rings is 1. The summed E-state index contributed by atoms with van der Waals surface area (Å²) in [6, 6.07) is 0. The Morgan fingerprint density at radius 2 is 2.00 bits per heavy atom. The van der Waals surface area contributed by atoms with Gasteiger partial charge in [0, 0.05) is 12.6 Å². The Balaban J connectivity index is 2.26. The average molecular weight is 197 g/mol. The van der Waals surface area contributed by atoms with Crippen LogP contribution in [0.25, 0.3) is 0 Å². The molecule has 3 nitrogen and oxygen atoms in total. The number of carbonyl (C=O) groups is 1. The first-order valence-corrected chi connectivity index (χ1v) is 5.11. The number of carboxylic acids is 1. The Hall–Kier alpha value is -0.830. The van der Waals surface area contributed by atoms with Gasteiger partial charge in [0.1, 0.15) is 0 Å². The molecule has 0 saturated carbocycles. The first-order valence-electron chi connectivity index (χ1n) is 5.11. The van der Waals surface area contributed by atoms with Crippen LogP contribution in [0, 0.1) is 5.41 Å². The summed E-state index contributed by atoms with van der Waals surface area (Å²) < 4.78 is 0. The number of carboxylic acid groups (broad SMARTS) is 1. The highest BCUT2D eigenvalue weighted by molar-refractivity contribution is 5.79. The van der Waals surface area contributed by atoms with Gasteiger partial charge >= 0.3 is 5.97 Å². The van der Waals surface area contributed by atoms with Crippen LogP contribution in [0.2, 0.25) is 0 Å². The minimum Gasteiger partial charge on any atom is -0.478 e. The summed E-state index contributed by atoms with van der Waals surface area (Å²) >= 11 is 0. The third-order valence-electron chi connectivity index (χ3n) is 2.83. The van der Waals surface area contributed by atoms with Crippen LogP contribution in [-0.2, 0) is 4.79 Å². The van der Waals surface area contributed by atoms with Gasteiger partial charge in [-0.3, -0.25) is 4.90 Å². The van der Waals surface area contributed by atoms with Crippen LogP contribution in [-0.4, -0.2) is 35.6 Å². The number of aliphatic carboxylic acids is 1. The van der Waals surface area contributed by atoms with Crippen LogP contribution in [0.4, 0.5) is 0 Å². The molecule has 0 bridgehead atoms. The fourth-order valence-corrected chi connectivity index (χ4v) is 1.64. The Bertz CT molecular complexity index is 223. The number of hydrogen-bond donors (Lipinski definition) is 1. The molecule has 1 aliphatic heterocycles. The maximum absolute atomic E-state index is 10.2. The predicted molar refractivity (Wildman–Crippen MR) is 56.2 cm³/mol. The van der Waals surface area contributed by atoms with E-state index in [-0.39, 0.29) is 0 Å². The summed E-state index contributed by atoms with van der Waals surface area (Å²) in [4.78, 5) is 12.5. The van der Waals surface area contributed by atoms with Gasteiger partial charge in [-0.1, -0.05) is 19.9 Å². The Morgan fingerprint density at radius 1 is 1.43 bits per heavy atom.